The van der Waals surface area contributed by atoms with E-state index in [0.717, 1.165) is 0 Å². The van der Waals surface area contributed by atoms with Gasteiger partial charge in [0, 0.05) is 19.7 Å². The molecule has 0 aliphatic carbocycles. The molecular formula is C12H14Cl2N2O2. The first kappa shape index (κ1) is 14.8. The number of benzene rings is 1. The van der Waals surface area contributed by atoms with E-state index in [9.17, 15) is 9.59 Å². The van der Waals surface area contributed by atoms with Gasteiger partial charge in [-0.05, 0) is 25.1 Å². The lowest BCUT2D eigenvalue weighted by Gasteiger charge is -2.13. The van der Waals surface area contributed by atoms with E-state index in [1.165, 1.54) is 11.0 Å². The van der Waals surface area contributed by atoms with Crippen molar-refractivity contribution in [2.24, 2.45) is 0 Å². The van der Waals surface area contributed by atoms with E-state index in [2.05, 4.69) is 5.32 Å². The smallest absolute Gasteiger partial charge is 0.253 e. The number of alkyl halides is 1. The van der Waals surface area contributed by atoms with Crippen molar-refractivity contribution in [3.8, 4) is 0 Å². The molecule has 1 aromatic rings. The van der Waals surface area contributed by atoms with Crippen molar-refractivity contribution in [3.63, 3.8) is 0 Å². The highest BCUT2D eigenvalue weighted by atomic mass is 35.5. The maximum atomic E-state index is 11.8. The number of hydrogen-bond acceptors (Lipinski definition) is 2. The maximum absolute atomic E-state index is 11.8. The summed E-state index contributed by atoms with van der Waals surface area (Å²) in [6.45, 7) is 1.56. The summed E-state index contributed by atoms with van der Waals surface area (Å²) in [5.74, 6) is -0.533. The Morgan fingerprint density at radius 1 is 1.33 bits per heavy atom. The lowest BCUT2D eigenvalue weighted by molar-refractivity contribution is -0.115. The summed E-state index contributed by atoms with van der Waals surface area (Å²) in [5, 5.41) is 2.26. The van der Waals surface area contributed by atoms with Crippen LogP contribution in [0.1, 0.15) is 17.3 Å². The van der Waals surface area contributed by atoms with Gasteiger partial charge in [-0.1, -0.05) is 11.6 Å². The van der Waals surface area contributed by atoms with Gasteiger partial charge in [-0.25, -0.2) is 0 Å². The Bertz CT molecular complexity index is 473. The molecule has 0 saturated heterocycles. The Kier molecular flexibility index (Phi) is 4.99. The molecule has 2 amide bonds. The highest BCUT2D eigenvalue weighted by molar-refractivity contribution is 6.35. The van der Waals surface area contributed by atoms with E-state index in [-0.39, 0.29) is 11.8 Å². The second-order valence-corrected chi connectivity index (χ2v) is 5.06. The molecule has 4 nitrogen and oxygen atoms in total. The predicted octanol–water partition coefficient (Wildman–Crippen LogP) is 2.61. The number of carbonyl (C=O) groups is 2. The summed E-state index contributed by atoms with van der Waals surface area (Å²) >= 11 is 11.6. The summed E-state index contributed by atoms with van der Waals surface area (Å²) in [4.78, 5) is 24.7. The molecular weight excluding hydrogens is 275 g/mol. The summed E-state index contributed by atoms with van der Waals surface area (Å²) in [6, 6.07) is 4.69. The van der Waals surface area contributed by atoms with Crippen LogP contribution in [0.15, 0.2) is 18.2 Å². The zero-order valence-corrected chi connectivity index (χ0v) is 11.8. The highest BCUT2D eigenvalue weighted by Crippen LogP contribution is 2.24. The van der Waals surface area contributed by atoms with Gasteiger partial charge in [0.15, 0.2) is 0 Å². The molecule has 18 heavy (non-hydrogen) atoms. The fourth-order valence-corrected chi connectivity index (χ4v) is 1.46. The molecule has 98 valence electrons. The van der Waals surface area contributed by atoms with Crippen LogP contribution in [0, 0.1) is 0 Å². The van der Waals surface area contributed by atoms with Gasteiger partial charge in [0.1, 0.15) is 5.38 Å². The number of amides is 2. The van der Waals surface area contributed by atoms with Crippen molar-refractivity contribution in [1.29, 1.82) is 0 Å². The molecule has 0 bridgehead atoms. The summed E-state index contributed by atoms with van der Waals surface area (Å²) in [5.41, 5.74) is 0.823. The lowest BCUT2D eigenvalue weighted by Crippen LogP contribution is -2.23. The molecule has 0 spiro atoms. The Morgan fingerprint density at radius 2 is 1.94 bits per heavy atom. The standard InChI is InChI=1S/C12H14Cl2N2O2/c1-7(13)11(17)15-10-6-8(4-5-9(10)14)12(18)16(2)3/h4-7H,1-3H3,(H,15,17). The molecule has 1 N–H and O–H groups in total. The fourth-order valence-electron chi connectivity index (χ4n) is 1.24. The van der Waals surface area contributed by atoms with Gasteiger partial charge >= 0.3 is 0 Å². The lowest BCUT2D eigenvalue weighted by atomic mass is 10.1. The van der Waals surface area contributed by atoms with Crippen LogP contribution >= 0.6 is 23.2 Å². The number of nitrogens with one attached hydrogen (secondary N) is 1. The van der Waals surface area contributed by atoms with Crippen LogP contribution in [0.25, 0.3) is 0 Å². The van der Waals surface area contributed by atoms with Crippen molar-refractivity contribution in [2.75, 3.05) is 19.4 Å². The molecule has 1 atom stereocenters. The third-order valence-corrected chi connectivity index (χ3v) is 2.77. The minimum atomic E-state index is -0.672. The van der Waals surface area contributed by atoms with Crippen LogP contribution in [0.3, 0.4) is 0 Å². The molecule has 0 aromatic heterocycles. The predicted molar refractivity (Wildman–Crippen MR) is 73.4 cm³/mol. The van der Waals surface area contributed by atoms with Crippen molar-refractivity contribution in [3.05, 3.63) is 28.8 Å². The molecule has 0 aliphatic rings. The minimum Gasteiger partial charge on any atom is -0.345 e. The van der Waals surface area contributed by atoms with E-state index in [1.807, 2.05) is 0 Å². The molecule has 0 aliphatic heterocycles. The average molecular weight is 289 g/mol. The first-order valence-corrected chi connectivity index (χ1v) is 6.10. The number of anilines is 1. The number of rotatable bonds is 3. The van der Waals surface area contributed by atoms with E-state index in [1.54, 1.807) is 33.2 Å². The normalized spacial score (nSPS) is 11.8. The molecule has 1 unspecified atom stereocenters. The van der Waals surface area contributed by atoms with Crippen LogP contribution in [-0.4, -0.2) is 36.2 Å². The van der Waals surface area contributed by atoms with Gasteiger partial charge in [0.05, 0.1) is 10.7 Å². The molecule has 0 heterocycles. The molecule has 0 saturated carbocycles. The van der Waals surface area contributed by atoms with Crippen molar-refractivity contribution >= 4 is 40.7 Å². The van der Waals surface area contributed by atoms with E-state index < -0.39 is 5.38 Å². The Labute approximate surface area is 116 Å². The van der Waals surface area contributed by atoms with Gasteiger partial charge < -0.3 is 10.2 Å². The molecule has 1 rings (SSSR count). The molecule has 1 aromatic carbocycles. The first-order valence-electron chi connectivity index (χ1n) is 5.29. The van der Waals surface area contributed by atoms with Crippen LogP contribution < -0.4 is 5.32 Å². The van der Waals surface area contributed by atoms with Crippen LogP contribution in [-0.2, 0) is 4.79 Å². The average Bonchev–Trinajstić information content (AvgIpc) is 2.30. The number of carbonyl (C=O) groups excluding carboxylic acids is 2. The Morgan fingerprint density at radius 3 is 2.44 bits per heavy atom. The third-order valence-electron chi connectivity index (χ3n) is 2.24. The van der Waals surface area contributed by atoms with Crippen LogP contribution in [0.4, 0.5) is 5.69 Å². The number of nitrogens with zero attached hydrogens (tertiary/aromatic N) is 1. The van der Waals surface area contributed by atoms with Gasteiger partial charge in [-0.3, -0.25) is 9.59 Å². The molecule has 0 radical (unpaired) electrons. The summed E-state index contributed by atoms with van der Waals surface area (Å²) in [6.07, 6.45) is 0. The third kappa shape index (κ3) is 3.62. The van der Waals surface area contributed by atoms with E-state index in [0.29, 0.717) is 16.3 Å². The largest absolute Gasteiger partial charge is 0.345 e. The van der Waals surface area contributed by atoms with Crippen molar-refractivity contribution < 1.29 is 9.59 Å². The Balaban J connectivity index is 3.02. The van der Waals surface area contributed by atoms with Gasteiger partial charge in [0.2, 0.25) is 5.91 Å². The fraction of sp³-hybridized carbons (Fsp3) is 0.333. The van der Waals surface area contributed by atoms with E-state index >= 15 is 0 Å². The Hall–Kier alpha value is -1.26. The number of halogens is 2. The number of hydrogen-bond donors (Lipinski definition) is 1. The zero-order valence-electron chi connectivity index (χ0n) is 10.3. The quantitative estimate of drug-likeness (QED) is 0.869. The first-order chi connectivity index (χ1) is 8.32. The van der Waals surface area contributed by atoms with Crippen LogP contribution in [0.2, 0.25) is 5.02 Å². The zero-order chi connectivity index (χ0) is 13.9. The maximum Gasteiger partial charge on any atom is 0.253 e. The monoisotopic (exact) mass is 288 g/mol. The van der Waals surface area contributed by atoms with Crippen molar-refractivity contribution in [1.82, 2.24) is 4.90 Å². The summed E-state index contributed by atoms with van der Waals surface area (Å²) in [7, 11) is 3.30. The SMILES string of the molecule is CC(Cl)C(=O)Nc1cc(C(=O)N(C)C)ccc1Cl. The van der Waals surface area contributed by atoms with Gasteiger partial charge in [0.25, 0.3) is 5.91 Å². The van der Waals surface area contributed by atoms with Crippen molar-refractivity contribution in [2.45, 2.75) is 12.3 Å². The van der Waals surface area contributed by atoms with Gasteiger partial charge in [-0.2, -0.15) is 0 Å². The van der Waals surface area contributed by atoms with Gasteiger partial charge in [-0.15, -0.1) is 11.6 Å². The molecule has 0 fully saturated rings. The minimum absolute atomic E-state index is 0.166. The van der Waals surface area contributed by atoms with E-state index in [4.69, 9.17) is 23.2 Å². The summed E-state index contributed by atoms with van der Waals surface area (Å²) < 4.78 is 0. The second-order valence-electron chi connectivity index (χ2n) is 4.00. The second kappa shape index (κ2) is 6.07. The van der Waals surface area contributed by atoms with Crippen LogP contribution in [0.5, 0.6) is 0 Å². The highest BCUT2D eigenvalue weighted by Gasteiger charge is 2.14. The topological polar surface area (TPSA) is 49.4 Å². The molecule has 6 heteroatoms.